The number of hydrogen-bond acceptors (Lipinski definition) is 0. The van der Waals surface area contributed by atoms with Gasteiger partial charge >= 0.3 is 0 Å². The van der Waals surface area contributed by atoms with Crippen molar-refractivity contribution in [3.8, 4) is 0 Å². The molecule has 0 fully saturated rings. The van der Waals surface area contributed by atoms with Crippen molar-refractivity contribution in [1.29, 1.82) is 0 Å². The number of hydrogen-bond donors (Lipinski definition) is 0. The van der Waals surface area contributed by atoms with E-state index in [-0.39, 0.29) is 10.8 Å². The summed E-state index contributed by atoms with van der Waals surface area (Å²) in [7, 11) is 0. The molecule has 23 heavy (non-hydrogen) atoms. The average Bonchev–Trinajstić information content (AvgIpc) is 2.35. The van der Waals surface area contributed by atoms with Crippen LogP contribution in [0.2, 0.25) is 0 Å². The van der Waals surface area contributed by atoms with Gasteiger partial charge in [-0.3, -0.25) is 0 Å². The molecule has 0 amide bonds. The zero-order chi connectivity index (χ0) is 18.2. The van der Waals surface area contributed by atoms with Gasteiger partial charge in [0, 0.05) is 0 Å². The minimum absolute atomic E-state index is 0.193. The lowest BCUT2D eigenvalue weighted by Gasteiger charge is -2.34. The SMILES string of the molecule is CC(C)C(C)C(c1cc(C(C)(C)C)cc(C(C)(C)C)c1)C(C)C. The summed E-state index contributed by atoms with van der Waals surface area (Å²) in [5.41, 5.74) is 4.87. The quantitative estimate of drug-likeness (QED) is 0.546. The van der Waals surface area contributed by atoms with Crippen LogP contribution in [-0.2, 0) is 10.8 Å². The molecule has 2 unspecified atom stereocenters. The van der Waals surface area contributed by atoms with Gasteiger partial charge in [-0.2, -0.15) is 0 Å². The fraction of sp³-hybridized carbons (Fsp3) is 0.739. The second kappa shape index (κ2) is 6.99. The lowest BCUT2D eigenvalue weighted by Crippen LogP contribution is -2.23. The van der Waals surface area contributed by atoms with Crippen molar-refractivity contribution >= 4 is 0 Å². The first kappa shape index (κ1) is 20.3. The average molecular weight is 317 g/mol. The molecular formula is C23H40. The van der Waals surface area contributed by atoms with Gasteiger partial charge in [0.05, 0.1) is 0 Å². The molecule has 0 nitrogen and oxygen atoms in total. The normalized spacial score (nSPS) is 16.0. The van der Waals surface area contributed by atoms with Crippen LogP contribution >= 0.6 is 0 Å². The smallest absolute Gasteiger partial charge is 0.0111 e. The van der Waals surface area contributed by atoms with Crippen molar-refractivity contribution in [3.05, 3.63) is 34.9 Å². The second-order valence-electron chi connectivity index (χ2n) is 10.2. The number of benzene rings is 1. The van der Waals surface area contributed by atoms with Gasteiger partial charge in [0.2, 0.25) is 0 Å². The largest absolute Gasteiger partial charge is 0.0625 e. The third-order valence-corrected chi connectivity index (χ3v) is 5.41. The third kappa shape index (κ3) is 5.10. The molecule has 0 radical (unpaired) electrons. The Hall–Kier alpha value is -0.780. The summed E-state index contributed by atoms with van der Waals surface area (Å²) >= 11 is 0. The topological polar surface area (TPSA) is 0 Å². The summed E-state index contributed by atoms with van der Waals surface area (Å²) in [5, 5.41) is 0. The minimum Gasteiger partial charge on any atom is -0.0625 e. The molecule has 0 saturated carbocycles. The van der Waals surface area contributed by atoms with Gasteiger partial charge in [-0.15, -0.1) is 0 Å². The Kier molecular flexibility index (Phi) is 6.16. The zero-order valence-corrected chi connectivity index (χ0v) is 17.5. The van der Waals surface area contributed by atoms with Crippen molar-refractivity contribution in [2.45, 2.75) is 92.9 Å². The van der Waals surface area contributed by atoms with Gasteiger partial charge in [-0.05, 0) is 51.2 Å². The van der Waals surface area contributed by atoms with E-state index < -0.39 is 0 Å². The molecule has 132 valence electrons. The van der Waals surface area contributed by atoms with E-state index in [0.717, 1.165) is 0 Å². The van der Waals surface area contributed by atoms with E-state index in [0.29, 0.717) is 23.7 Å². The molecule has 0 aromatic heterocycles. The molecule has 0 saturated heterocycles. The van der Waals surface area contributed by atoms with E-state index in [2.05, 4.69) is 94.4 Å². The van der Waals surface area contributed by atoms with Crippen LogP contribution in [0.4, 0.5) is 0 Å². The fourth-order valence-electron chi connectivity index (χ4n) is 3.42. The Labute approximate surface area is 146 Å². The molecule has 2 atom stereocenters. The summed E-state index contributed by atoms with van der Waals surface area (Å²) < 4.78 is 0. The van der Waals surface area contributed by atoms with E-state index >= 15 is 0 Å². The van der Waals surface area contributed by atoms with Crippen LogP contribution in [0.3, 0.4) is 0 Å². The predicted molar refractivity (Wildman–Crippen MR) is 105 cm³/mol. The Bertz CT molecular complexity index is 474. The molecule has 0 heterocycles. The second-order valence-corrected chi connectivity index (χ2v) is 10.2. The maximum atomic E-state index is 2.48. The summed E-state index contributed by atoms with van der Waals surface area (Å²) in [4.78, 5) is 0. The van der Waals surface area contributed by atoms with Gasteiger partial charge in [0.1, 0.15) is 0 Å². The summed E-state index contributed by atoms with van der Waals surface area (Å²) in [6.45, 7) is 25.9. The number of rotatable bonds is 4. The molecule has 0 aliphatic rings. The lowest BCUT2D eigenvalue weighted by molar-refractivity contribution is 0.288. The van der Waals surface area contributed by atoms with E-state index in [9.17, 15) is 0 Å². The van der Waals surface area contributed by atoms with Gasteiger partial charge in [0.25, 0.3) is 0 Å². The molecule has 0 aliphatic carbocycles. The van der Waals surface area contributed by atoms with Crippen LogP contribution in [0.15, 0.2) is 18.2 Å². The molecule has 0 bridgehead atoms. The molecule has 1 aromatic carbocycles. The van der Waals surface area contributed by atoms with E-state index in [1.165, 1.54) is 11.1 Å². The molecule has 0 N–H and O–H groups in total. The van der Waals surface area contributed by atoms with Crippen molar-refractivity contribution in [2.75, 3.05) is 0 Å². The summed E-state index contributed by atoms with van der Waals surface area (Å²) in [5.74, 6) is 2.69. The van der Waals surface area contributed by atoms with Gasteiger partial charge < -0.3 is 0 Å². The fourth-order valence-corrected chi connectivity index (χ4v) is 3.42. The van der Waals surface area contributed by atoms with Crippen LogP contribution < -0.4 is 0 Å². The predicted octanol–water partition coefficient (Wildman–Crippen LogP) is 7.31. The highest BCUT2D eigenvalue weighted by Gasteiger charge is 2.28. The third-order valence-electron chi connectivity index (χ3n) is 5.41. The summed E-state index contributed by atoms with van der Waals surface area (Å²) in [6, 6.07) is 7.40. The Morgan fingerprint density at radius 3 is 1.26 bits per heavy atom. The molecule has 0 spiro atoms. The first-order chi connectivity index (χ1) is 10.2. The highest BCUT2D eigenvalue weighted by atomic mass is 14.3. The highest BCUT2D eigenvalue weighted by Crippen LogP contribution is 2.40. The van der Waals surface area contributed by atoms with E-state index in [4.69, 9.17) is 0 Å². The van der Waals surface area contributed by atoms with Crippen LogP contribution in [0, 0.1) is 17.8 Å². The maximum absolute atomic E-state index is 2.48. The van der Waals surface area contributed by atoms with Gasteiger partial charge in [-0.1, -0.05) is 94.4 Å². The standard InChI is InChI=1S/C23H40/c1-15(2)17(5)21(16(3)4)18-12-19(22(6,7)8)14-20(13-18)23(9,10)11/h12-17,21H,1-11H3. The Balaban J connectivity index is 3.55. The van der Waals surface area contributed by atoms with Gasteiger partial charge in [-0.25, -0.2) is 0 Å². The van der Waals surface area contributed by atoms with Crippen LogP contribution in [0.5, 0.6) is 0 Å². The highest BCUT2D eigenvalue weighted by molar-refractivity contribution is 5.39. The minimum atomic E-state index is 0.193. The van der Waals surface area contributed by atoms with Crippen molar-refractivity contribution in [2.24, 2.45) is 17.8 Å². The lowest BCUT2D eigenvalue weighted by atomic mass is 9.71. The van der Waals surface area contributed by atoms with Crippen molar-refractivity contribution < 1.29 is 0 Å². The first-order valence-electron chi connectivity index (χ1n) is 9.41. The van der Waals surface area contributed by atoms with E-state index in [1.54, 1.807) is 5.56 Å². The monoisotopic (exact) mass is 316 g/mol. The van der Waals surface area contributed by atoms with Crippen molar-refractivity contribution in [3.63, 3.8) is 0 Å². The van der Waals surface area contributed by atoms with Crippen LogP contribution in [0.1, 0.15) is 98.8 Å². The molecule has 0 aliphatic heterocycles. The summed E-state index contributed by atoms with van der Waals surface area (Å²) in [6.07, 6.45) is 0. The van der Waals surface area contributed by atoms with Crippen LogP contribution in [-0.4, -0.2) is 0 Å². The molecule has 0 heteroatoms. The Morgan fingerprint density at radius 1 is 0.609 bits per heavy atom. The van der Waals surface area contributed by atoms with Gasteiger partial charge in [0.15, 0.2) is 0 Å². The maximum Gasteiger partial charge on any atom is -0.0111 e. The van der Waals surface area contributed by atoms with Crippen molar-refractivity contribution in [1.82, 2.24) is 0 Å². The molecule has 1 aromatic rings. The zero-order valence-electron chi connectivity index (χ0n) is 17.5. The Morgan fingerprint density at radius 2 is 1.00 bits per heavy atom. The van der Waals surface area contributed by atoms with Crippen LogP contribution in [0.25, 0.3) is 0 Å². The van der Waals surface area contributed by atoms with E-state index in [1.807, 2.05) is 0 Å². The molecule has 1 rings (SSSR count). The molecular weight excluding hydrogens is 276 g/mol. The first-order valence-corrected chi connectivity index (χ1v) is 9.41.